The number of benzene rings is 1. The fourth-order valence-electron chi connectivity index (χ4n) is 3.30. The van der Waals surface area contributed by atoms with Crippen LogP contribution in [-0.2, 0) is 4.74 Å². The van der Waals surface area contributed by atoms with Gasteiger partial charge in [-0.15, -0.1) is 0 Å². The highest BCUT2D eigenvalue weighted by Gasteiger charge is 2.36. The van der Waals surface area contributed by atoms with Crippen LogP contribution in [0.2, 0.25) is 0 Å². The van der Waals surface area contributed by atoms with E-state index in [0.717, 1.165) is 44.2 Å². The molecule has 2 N–H and O–H groups in total. The van der Waals surface area contributed by atoms with Crippen molar-refractivity contribution >= 4 is 17.7 Å². The van der Waals surface area contributed by atoms with Crippen molar-refractivity contribution in [3.8, 4) is 0 Å². The molecule has 0 aliphatic carbocycles. The summed E-state index contributed by atoms with van der Waals surface area (Å²) in [5.74, 6) is 0.962. The van der Waals surface area contributed by atoms with Gasteiger partial charge in [0.15, 0.2) is 5.96 Å². The quantitative estimate of drug-likeness (QED) is 0.776. The van der Waals surface area contributed by atoms with Crippen LogP contribution in [0.5, 0.6) is 0 Å². The second-order valence-electron chi connectivity index (χ2n) is 8.01. The van der Waals surface area contributed by atoms with Crippen molar-refractivity contribution in [2.75, 3.05) is 44.6 Å². The third-order valence-corrected chi connectivity index (χ3v) is 4.60. The molecule has 0 spiro atoms. The average molecular weight is 374 g/mol. The largest absolute Gasteiger partial charge is 0.444 e. The van der Waals surface area contributed by atoms with Crippen LogP contribution in [0.25, 0.3) is 0 Å². The molecule has 1 amide bonds. The highest BCUT2D eigenvalue weighted by atomic mass is 16.6. The number of hydrogen-bond acceptors (Lipinski definition) is 6. The summed E-state index contributed by atoms with van der Waals surface area (Å²) in [5.41, 5.74) is 0.690. The zero-order valence-electron chi connectivity index (χ0n) is 16.6. The number of piperazine rings is 1. The molecule has 1 unspecified atom stereocenters. The second-order valence-corrected chi connectivity index (χ2v) is 8.01. The molecule has 27 heavy (non-hydrogen) atoms. The van der Waals surface area contributed by atoms with E-state index in [1.165, 1.54) is 0 Å². The lowest BCUT2D eigenvalue weighted by Crippen LogP contribution is -2.57. The lowest BCUT2D eigenvalue weighted by molar-refractivity contribution is 0.0137. The summed E-state index contributed by atoms with van der Waals surface area (Å²) in [6.45, 7) is 10.3. The third kappa shape index (κ3) is 5.52. The summed E-state index contributed by atoms with van der Waals surface area (Å²) in [4.78, 5) is 21.0. The van der Waals surface area contributed by atoms with E-state index in [1.54, 1.807) is 4.90 Å². The predicted molar refractivity (Wildman–Crippen MR) is 108 cm³/mol. The van der Waals surface area contributed by atoms with Crippen LogP contribution in [0, 0.1) is 0 Å². The Hall–Kier alpha value is -2.44. The fourth-order valence-corrected chi connectivity index (χ4v) is 3.30. The molecule has 2 heterocycles. The second kappa shape index (κ2) is 8.50. The zero-order chi connectivity index (χ0) is 19.3. The molecule has 1 aromatic carbocycles. The van der Waals surface area contributed by atoms with Crippen LogP contribution in [0.3, 0.4) is 0 Å². The van der Waals surface area contributed by atoms with Gasteiger partial charge in [-0.25, -0.2) is 4.79 Å². The first-order valence-electron chi connectivity index (χ1n) is 9.74. The lowest BCUT2D eigenvalue weighted by Gasteiger charge is -2.39. The zero-order valence-corrected chi connectivity index (χ0v) is 16.6. The van der Waals surface area contributed by atoms with Crippen molar-refractivity contribution in [1.29, 1.82) is 0 Å². The van der Waals surface area contributed by atoms with Crippen molar-refractivity contribution in [3.63, 3.8) is 0 Å². The summed E-state index contributed by atoms with van der Waals surface area (Å²) >= 11 is 0. The summed E-state index contributed by atoms with van der Waals surface area (Å²) < 4.78 is 5.49. The van der Waals surface area contributed by atoms with Gasteiger partial charge in [-0.1, -0.05) is 18.2 Å². The van der Waals surface area contributed by atoms with Gasteiger partial charge in [-0.3, -0.25) is 4.99 Å². The average Bonchev–Trinajstić information content (AvgIpc) is 3.03. The van der Waals surface area contributed by atoms with Gasteiger partial charge in [0.1, 0.15) is 5.60 Å². The maximum atomic E-state index is 12.3. The number of anilines is 1. The molecule has 1 atom stereocenters. The van der Waals surface area contributed by atoms with Crippen LogP contribution in [0.4, 0.5) is 10.5 Å². The molecule has 1 saturated heterocycles. The van der Waals surface area contributed by atoms with Gasteiger partial charge in [-0.2, -0.15) is 0 Å². The Labute approximate surface area is 161 Å². The molecule has 1 aromatic rings. The number of carbonyl (C=O) groups excluding carboxylic acids is 1. The Morgan fingerprint density at radius 3 is 2.67 bits per heavy atom. The Kier molecular flexibility index (Phi) is 6.08. The van der Waals surface area contributed by atoms with Gasteiger partial charge < -0.3 is 25.2 Å². The number of aliphatic imine (C=N–C) groups is 1. The number of para-hydroxylation sites is 1. The van der Waals surface area contributed by atoms with E-state index in [-0.39, 0.29) is 12.1 Å². The third-order valence-electron chi connectivity index (χ3n) is 4.60. The normalized spacial score (nSPS) is 19.4. The van der Waals surface area contributed by atoms with Gasteiger partial charge in [-0.05, 0) is 39.3 Å². The summed E-state index contributed by atoms with van der Waals surface area (Å²) in [6.07, 6.45) is 0.784. The standard InChI is InChI=1S/C20H31N5O2/c1-20(2,3)27-19(26)24-12-13-25-17(15-24)14-23-18(25)22-11-7-10-21-16-8-5-4-6-9-16/h4-6,8-9,17,21H,7,10-15H2,1-3H3,(H,22,23). The maximum absolute atomic E-state index is 12.3. The van der Waals surface area contributed by atoms with E-state index in [2.05, 4.69) is 32.7 Å². The van der Waals surface area contributed by atoms with E-state index >= 15 is 0 Å². The molecule has 2 aliphatic rings. The number of rotatable bonds is 5. The Morgan fingerprint density at radius 1 is 1.19 bits per heavy atom. The van der Waals surface area contributed by atoms with Gasteiger partial charge in [0.2, 0.25) is 0 Å². The predicted octanol–water partition coefficient (Wildman–Crippen LogP) is 2.37. The molecule has 1 fully saturated rings. The Balaban J connectivity index is 1.37. The molecule has 2 aliphatic heterocycles. The molecule has 0 saturated carbocycles. The van der Waals surface area contributed by atoms with E-state index in [1.807, 2.05) is 39.0 Å². The number of fused-ring (bicyclic) bond motifs is 1. The van der Waals surface area contributed by atoms with Gasteiger partial charge in [0.25, 0.3) is 0 Å². The minimum Gasteiger partial charge on any atom is -0.444 e. The molecule has 148 valence electrons. The highest BCUT2D eigenvalue weighted by molar-refractivity contribution is 5.82. The smallest absolute Gasteiger partial charge is 0.410 e. The molecular formula is C20H31N5O2. The van der Waals surface area contributed by atoms with Crippen LogP contribution in [0.15, 0.2) is 35.3 Å². The summed E-state index contributed by atoms with van der Waals surface area (Å²) in [7, 11) is 0. The first kappa shape index (κ1) is 19.3. The fraction of sp³-hybridized carbons (Fsp3) is 0.600. The molecule has 0 bridgehead atoms. The summed E-state index contributed by atoms with van der Waals surface area (Å²) in [5, 5.41) is 6.86. The molecular weight excluding hydrogens is 342 g/mol. The number of hydrogen-bond donors (Lipinski definition) is 2. The van der Waals surface area contributed by atoms with Crippen LogP contribution < -0.4 is 10.6 Å². The number of guanidine groups is 1. The van der Waals surface area contributed by atoms with Crippen molar-refractivity contribution in [3.05, 3.63) is 30.3 Å². The maximum Gasteiger partial charge on any atom is 0.410 e. The van der Waals surface area contributed by atoms with Gasteiger partial charge in [0.05, 0.1) is 12.6 Å². The molecule has 0 aromatic heterocycles. The van der Waals surface area contributed by atoms with Crippen LogP contribution in [-0.4, -0.2) is 72.8 Å². The number of nitrogens with zero attached hydrogens (tertiary/aromatic N) is 3. The van der Waals surface area contributed by atoms with Crippen molar-refractivity contribution in [2.24, 2.45) is 4.99 Å². The monoisotopic (exact) mass is 373 g/mol. The lowest BCUT2D eigenvalue weighted by atomic mass is 10.2. The van der Waals surface area contributed by atoms with E-state index in [9.17, 15) is 4.79 Å². The van der Waals surface area contributed by atoms with Gasteiger partial charge in [0, 0.05) is 38.4 Å². The minimum absolute atomic E-state index is 0.226. The summed E-state index contributed by atoms with van der Waals surface area (Å²) in [6, 6.07) is 10.5. The first-order chi connectivity index (χ1) is 12.9. The molecule has 3 rings (SSSR count). The SMILES string of the molecule is CC(C)(C)OC(=O)N1CCN2C(NCCCNc3ccccc3)=NCC2C1. The van der Waals surface area contributed by atoms with Gasteiger partial charge >= 0.3 is 6.09 Å². The van der Waals surface area contributed by atoms with Crippen molar-refractivity contribution < 1.29 is 9.53 Å². The van der Waals surface area contributed by atoms with Crippen LogP contribution in [0.1, 0.15) is 27.2 Å². The highest BCUT2D eigenvalue weighted by Crippen LogP contribution is 2.18. The minimum atomic E-state index is -0.457. The van der Waals surface area contributed by atoms with Crippen molar-refractivity contribution in [2.45, 2.75) is 38.8 Å². The van der Waals surface area contributed by atoms with E-state index in [0.29, 0.717) is 13.1 Å². The van der Waals surface area contributed by atoms with Crippen molar-refractivity contribution in [1.82, 2.24) is 15.1 Å². The number of ether oxygens (including phenoxy) is 1. The number of nitrogens with one attached hydrogen (secondary N) is 2. The molecule has 7 heteroatoms. The van der Waals surface area contributed by atoms with E-state index < -0.39 is 5.60 Å². The molecule has 0 radical (unpaired) electrons. The number of carbonyl (C=O) groups is 1. The first-order valence-corrected chi connectivity index (χ1v) is 9.74. The van der Waals surface area contributed by atoms with Crippen LogP contribution >= 0.6 is 0 Å². The van der Waals surface area contributed by atoms with E-state index in [4.69, 9.17) is 4.74 Å². The topological polar surface area (TPSA) is 69.2 Å². The Bertz CT molecular complexity index is 656. The number of amides is 1. The molecule has 7 nitrogen and oxygen atoms in total. The Morgan fingerprint density at radius 2 is 1.93 bits per heavy atom.